The lowest BCUT2D eigenvalue weighted by molar-refractivity contribution is -0.141. The first kappa shape index (κ1) is 12.5. The van der Waals surface area contributed by atoms with E-state index in [2.05, 4.69) is 0 Å². The highest BCUT2D eigenvalue weighted by Crippen LogP contribution is 2.33. The van der Waals surface area contributed by atoms with Crippen molar-refractivity contribution in [3.63, 3.8) is 0 Å². The summed E-state index contributed by atoms with van der Waals surface area (Å²) in [5.41, 5.74) is -1.53. The van der Waals surface area contributed by atoms with E-state index in [0.29, 0.717) is 12.1 Å². The summed E-state index contributed by atoms with van der Waals surface area (Å²) in [6.45, 7) is 1.23. The molecule has 0 saturated heterocycles. The van der Waals surface area contributed by atoms with E-state index in [0.717, 1.165) is 6.07 Å². The summed E-state index contributed by atoms with van der Waals surface area (Å²) in [6.07, 6.45) is -4.82. The fourth-order valence-electron chi connectivity index (χ4n) is 1.17. The molecule has 1 N–H and O–H groups in total. The number of carboxylic acids is 1. The van der Waals surface area contributed by atoms with E-state index in [4.69, 9.17) is 5.11 Å². The maximum Gasteiger partial charge on any atom is 0.419 e. The molecular formula is C10H8F4O2. The Balaban J connectivity index is 3.23. The summed E-state index contributed by atoms with van der Waals surface area (Å²) in [5, 5.41) is 8.62. The Kier molecular flexibility index (Phi) is 3.21. The monoisotopic (exact) mass is 236 g/mol. The molecule has 0 aliphatic heterocycles. The van der Waals surface area contributed by atoms with Crippen LogP contribution in [-0.2, 0) is 11.0 Å². The largest absolute Gasteiger partial charge is 0.481 e. The third-order valence-corrected chi connectivity index (χ3v) is 2.17. The van der Waals surface area contributed by atoms with Crippen molar-refractivity contribution >= 4 is 5.97 Å². The molecule has 6 heteroatoms. The van der Waals surface area contributed by atoms with Gasteiger partial charge >= 0.3 is 12.1 Å². The van der Waals surface area contributed by atoms with Crippen molar-refractivity contribution < 1.29 is 27.5 Å². The average Bonchev–Trinajstić information content (AvgIpc) is 2.15. The van der Waals surface area contributed by atoms with E-state index in [1.54, 1.807) is 0 Å². The summed E-state index contributed by atoms with van der Waals surface area (Å²) in [7, 11) is 0. The average molecular weight is 236 g/mol. The molecule has 0 spiro atoms. The molecule has 0 radical (unpaired) electrons. The maximum atomic E-state index is 12.9. The fraction of sp³-hybridized carbons (Fsp3) is 0.300. The number of hydrogen-bond acceptors (Lipinski definition) is 1. The number of rotatable bonds is 2. The molecule has 0 aliphatic rings. The van der Waals surface area contributed by atoms with E-state index < -0.39 is 29.4 Å². The Morgan fingerprint density at radius 2 is 1.94 bits per heavy atom. The van der Waals surface area contributed by atoms with Gasteiger partial charge in [0, 0.05) is 0 Å². The van der Waals surface area contributed by atoms with E-state index in [-0.39, 0.29) is 5.56 Å². The van der Waals surface area contributed by atoms with Crippen LogP contribution in [0.3, 0.4) is 0 Å². The van der Waals surface area contributed by atoms with Crippen molar-refractivity contribution in [3.8, 4) is 0 Å². The molecular weight excluding hydrogens is 228 g/mol. The van der Waals surface area contributed by atoms with Crippen molar-refractivity contribution in [1.29, 1.82) is 0 Å². The van der Waals surface area contributed by atoms with Crippen molar-refractivity contribution in [3.05, 3.63) is 35.1 Å². The van der Waals surface area contributed by atoms with Gasteiger partial charge < -0.3 is 5.11 Å². The Hall–Kier alpha value is -1.59. The van der Waals surface area contributed by atoms with Crippen molar-refractivity contribution in [2.24, 2.45) is 0 Å². The van der Waals surface area contributed by atoms with Crippen molar-refractivity contribution in [1.82, 2.24) is 0 Å². The van der Waals surface area contributed by atoms with Crippen LogP contribution in [0.2, 0.25) is 0 Å². The van der Waals surface area contributed by atoms with Crippen LogP contribution in [0, 0.1) is 5.82 Å². The Morgan fingerprint density at radius 3 is 2.38 bits per heavy atom. The van der Waals surface area contributed by atoms with Crippen LogP contribution in [0.4, 0.5) is 17.6 Å². The van der Waals surface area contributed by atoms with Gasteiger partial charge in [-0.2, -0.15) is 13.2 Å². The van der Waals surface area contributed by atoms with Crippen LogP contribution in [0.25, 0.3) is 0 Å². The molecule has 0 fully saturated rings. The summed E-state index contributed by atoms with van der Waals surface area (Å²) in [4.78, 5) is 10.6. The van der Waals surface area contributed by atoms with Crippen LogP contribution < -0.4 is 0 Å². The third-order valence-electron chi connectivity index (χ3n) is 2.17. The Labute approximate surface area is 88.5 Å². The summed E-state index contributed by atoms with van der Waals surface area (Å²) in [5.74, 6) is -3.78. The number of alkyl halides is 3. The maximum absolute atomic E-state index is 12.9. The lowest BCUT2D eigenvalue weighted by Gasteiger charge is -2.12. The fourth-order valence-corrected chi connectivity index (χ4v) is 1.17. The molecule has 1 rings (SSSR count). The number of carboxylic acid groups (broad SMARTS) is 1. The molecule has 0 bridgehead atoms. The second kappa shape index (κ2) is 4.11. The van der Waals surface area contributed by atoms with E-state index >= 15 is 0 Å². The third kappa shape index (κ3) is 2.50. The van der Waals surface area contributed by atoms with Gasteiger partial charge in [-0.15, -0.1) is 0 Å². The van der Waals surface area contributed by atoms with E-state index in [1.807, 2.05) is 0 Å². The van der Waals surface area contributed by atoms with Gasteiger partial charge in [0.25, 0.3) is 0 Å². The first-order chi connectivity index (χ1) is 7.23. The second-order valence-corrected chi connectivity index (χ2v) is 3.30. The van der Waals surface area contributed by atoms with Gasteiger partial charge in [0.2, 0.25) is 0 Å². The summed E-state index contributed by atoms with van der Waals surface area (Å²) in [6, 6.07) is 2.18. The van der Waals surface area contributed by atoms with E-state index in [9.17, 15) is 22.4 Å². The molecule has 2 nitrogen and oxygen atoms in total. The molecule has 0 heterocycles. The summed E-state index contributed by atoms with van der Waals surface area (Å²) >= 11 is 0. The van der Waals surface area contributed by atoms with Crippen molar-refractivity contribution in [2.45, 2.75) is 19.0 Å². The van der Waals surface area contributed by atoms with Gasteiger partial charge in [0.15, 0.2) is 0 Å². The van der Waals surface area contributed by atoms with Crippen LogP contribution in [0.1, 0.15) is 24.0 Å². The Bertz CT molecular complexity index is 412. The number of halogens is 4. The SMILES string of the molecule is CC(C(=O)O)c1ccc(F)c(C(F)(F)F)c1. The molecule has 1 aromatic rings. The van der Waals surface area contributed by atoms with Gasteiger partial charge in [0.05, 0.1) is 11.5 Å². The molecule has 16 heavy (non-hydrogen) atoms. The molecule has 0 aromatic heterocycles. The van der Waals surface area contributed by atoms with Gasteiger partial charge in [0.1, 0.15) is 5.82 Å². The predicted octanol–water partition coefficient (Wildman–Crippen LogP) is 3.03. The molecule has 1 atom stereocenters. The number of hydrogen-bond donors (Lipinski definition) is 1. The Morgan fingerprint density at radius 1 is 1.38 bits per heavy atom. The first-order valence-electron chi connectivity index (χ1n) is 4.33. The van der Waals surface area contributed by atoms with Gasteiger partial charge in [-0.3, -0.25) is 4.79 Å². The topological polar surface area (TPSA) is 37.3 Å². The number of aliphatic carboxylic acids is 1. The number of benzene rings is 1. The molecule has 1 unspecified atom stereocenters. The van der Waals surface area contributed by atoms with Crippen LogP contribution in [-0.4, -0.2) is 11.1 Å². The second-order valence-electron chi connectivity index (χ2n) is 3.30. The minimum absolute atomic E-state index is 0.0822. The normalized spacial score (nSPS) is 13.6. The molecule has 1 aromatic carbocycles. The lowest BCUT2D eigenvalue weighted by Crippen LogP contribution is -2.12. The van der Waals surface area contributed by atoms with Gasteiger partial charge in [-0.1, -0.05) is 6.07 Å². The minimum atomic E-state index is -4.82. The summed E-state index contributed by atoms with van der Waals surface area (Å²) < 4.78 is 49.8. The minimum Gasteiger partial charge on any atom is -0.481 e. The van der Waals surface area contributed by atoms with Gasteiger partial charge in [-0.05, 0) is 24.6 Å². The first-order valence-corrected chi connectivity index (χ1v) is 4.33. The molecule has 88 valence electrons. The van der Waals surface area contributed by atoms with E-state index in [1.165, 1.54) is 6.92 Å². The predicted molar refractivity (Wildman–Crippen MR) is 47.5 cm³/mol. The zero-order chi connectivity index (χ0) is 12.5. The number of carbonyl (C=O) groups is 1. The lowest BCUT2D eigenvalue weighted by atomic mass is 9.99. The quantitative estimate of drug-likeness (QED) is 0.801. The van der Waals surface area contributed by atoms with Crippen molar-refractivity contribution in [2.75, 3.05) is 0 Å². The van der Waals surface area contributed by atoms with Gasteiger partial charge in [-0.25, -0.2) is 4.39 Å². The molecule has 0 saturated carbocycles. The molecule has 0 amide bonds. The highest BCUT2D eigenvalue weighted by molar-refractivity contribution is 5.75. The zero-order valence-corrected chi connectivity index (χ0v) is 8.18. The van der Waals surface area contributed by atoms with Crippen LogP contribution in [0.15, 0.2) is 18.2 Å². The smallest absolute Gasteiger partial charge is 0.419 e. The van der Waals surface area contributed by atoms with Crippen LogP contribution >= 0.6 is 0 Å². The van der Waals surface area contributed by atoms with Crippen LogP contribution in [0.5, 0.6) is 0 Å². The highest BCUT2D eigenvalue weighted by Gasteiger charge is 2.34. The standard InChI is InChI=1S/C10H8F4O2/c1-5(9(15)16)6-2-3-8(11)7(4-6)10(12,13)14/h2-5H,1H3,(H,15,16). The zero-order valence-electron chi connectivity index (χ0n) is 8.18. The molecule has 0 aliphatic carbocycles. The highest BCUT2D eigenvalue weighted by atomic mass is 19.4.